The minimum atomic E-state index is -0.386. The third-order valence-corrected chi connectivity index (χ3v) is 3.38. The summed E-state index contributed by atoms with van der Waals surface area (Å²) in [6.07, 6.45) is 2.61. The number of hydrogen-bond donors (Lipinski definition) is 2. The summed E-state index contributed by atoms with van der Waals surface area (Å²) < 4.78 is 19.3. The van der Waals surface area contributed by atoms with Crippen molar-refractivity contribution in [2.75, 3.05) is 13.2 Å². The van der Waals surface area contributed by atoms with Gasteiger partial charge in [0, 0.05) is 13.0 Å². The zero-order chi connectivity index (χ0) is 14.5. The Kier molecular flexibility index (Phi) is 6.92. The molecule has 21 heavy (non-hydrogen) atoms. The lowest BCUT2D eigenvalue weighted by atomic mass is 10.1. The summed E-state index contributed by atoms with van der Waals surface area (Å²) in [6, 6.07) is 4.56. The SMILES string of the molecule is CC(NC(=O)CCN)c1ccc(OCC2CC2)c(F)c1.Cl. The summed E-state index contributed by atoms with van der Waals surface area (Å²) in [5, 5.41) is 2.78. The number of carbonyl (C=O) groups excluding carboxylic acids is 1. The average Bonchev–Trinajstić information content (AvgIpc) is 3.21. The first kappa shape index (κ1) is 17.7. The van der Waals surface area contributed by atoms with Crippen LogP contribution >= 0.6 is 12.4 Å². The van der Waals surface area contributed by atoms with Gasteiger partial charge in [0.1, 0.15) is 0 Å². The molecule has 2 rings (SSSR count). The summed E-state index contributed by atoms with van der Waals surface area (Å²) in [6.45, 7) is 2.70. The zero-order valence-electron chi connectivity index (χ0n) is 12.1. The highest BCUT2D eigenvalue weighted by Crippen LogP contribution is 2.30. The molecule has 6 heteroatoms. The lowest BCUT2D eigenvalue weighted by molar-refractivity contribution is -0.121. The van der Waals surface area contributed by atoms with E-state index >= 15 is 0 Å². The van der Waals surface area contributed by atoms with Gasteiger partial charge in [0.05, 0.1) is 12.6 Å². The van der Waals surface area contributed by atoms with Crippen molar-refractivity contribution >= 4 is 18.3 Å². The number of rotatable bonds is 7. The zero-order valence-corrected chi connectivity index (χ0v) is 12.9. The van der Waals surface area contributed by atoms with Crippen molar-refractivity contribution in [3.8, 4) is 5.75 Å². The molecule has 3 N–H and O–H groups in total. The van der Waals surface area contributed by atoms with Crippen LogP contribution in [0, 0.1) is 11.7 Å². The molecule has 1 fully saturated rings. The smallest absolute Gasteiger partial charge is 0.221 e. The minimum absolute atomic E-state index is 0. The van der Waals surface area contributed by atoms with Crippen molar-refractivity contribution in [3.63, 3.8) is 0 Å². The summed E-state index contributed by atoms with van der Waals surface area (Å²) >= 11 is 0. The topological polar surface area (TPSA) is 64.4 Å². The molecule has 1 aliphatic carbocycles. The first-order chi connectivity index (χ1) is 9.60. The summed E-state index contributed by atoms with van der Waals surface area (Å²) in [7, 11) is 0. The number of ether oxygens (including phenoxy) is 1. The number of benzene rings is 1. The quantitative estimate of drug-likeness (QED) is 0.812. The number of nitrogens with two attached hydrogens (primary N) is 1. The third kappa shape index (κ3) is 5.52. The Hall–Kier alpha value is -1.33. The average molecular weight is 317 g/mol. The standard InChI is InChI=1S/C15H21FN2O2.ClH/c1-10(18-15(19)6-7-17)12-4-5-14(13(16)8-12)20-9-11-2-3-11;/h4-5,8,10-11H,2-3,6-7,9,17H2,1H3,(H,18,19);1H. The van der Waals surface area contributed by atoms with Crippen LogP contribution in [0.3, 0.4) is 0 Å². The van der Waals surface area contributed by atoms with Gasteiger partial charge in [0.25, 0.3) is 0 Å². The van der Waals surface area contributed by atoms with Gasteiger partial charge in [-0.2, -0.15) is 0 Å². The van der Waals surface area contributed by atoms with Gasteiger partial charge in [0.2, 0.25) is 5.91 Å². The van der Waals surface area contributed by atoms with Crippen molar-refractivity contribution in [1.29, 1.82) is 0 Å². The molecule has 0 spiro atoms. The second-order valence-corrected chi connectivity index (χ2v) is 5.27. The van der Waals surface area contributed by atoms with Crippen molar-refractivity contribution < 1.29 is 13.9 Å². The van der Waals surface area contributed by atoms with E-state index in [2.05, 4.69) is 5.32 Å². The molecule has 1 unspecified atom stereocenters. The lowest BCUT2D eigenvalue weighted by Crippen LogP contribution is -2.28. The van der Waals surface area contributed by atoms with Gasteiger partial charge in [-0.05, 0) is 43.4 Å². The summed E-state index contributed by atoms with van der Waals surface area (Å²) in [5.74, 6) is 0.349. The predicted octanol–water partition coefficient (Wildman–Crippen LogP) is 2.56. The first-order valence-electron chi connectivity index (χ1n) is 7.02. The van der Waals surface area contributed by atoms with E-state index in [9.17, 15) is 9.18 Å². The molecule has 0 saturated heterocycles. The van der Waals surface area contributed by atoms with Crippen LogP contribution in [0.2, 0.25) is 0 Å². The van der Waals surface area contributed by atoms with Gasteiger partial charge in [0.15, 0.2) is 11.6 Å². The van der Waals surface area contributed by atoms with Crippen LogP contribution < -0.4 is 15.8 Å². The van der Waals surface area contributed by atoms with E-state index in [0.29, 0.717) is 24.6 Å². The van der Waals surface area contributed by atoms with Crippen molar-refractivity contribution in [2.45, 2.75) is 32.2 Å². The molecule has 1 amide bonds. The van der Waals surface area contributed by atoms with Crippen LogP contribution in [0.5, 0.6) is 5.75 Å². The van der Waals surface area contributed by atoms with E-state index < -0.39 is 0 Å². The molecular weight excluding hydrogens is 295 g/mol. The molecule has 0 aromatic heterocycles. The van der Waals surface area contributed by atoms with Gasteiger partial charge in [-0.3, -0.25) is 4.79 Å². The highest BCUT2D eigenvalue weighted by Gasteiger charge is 2.22. The number of amides is 1. The summed E-state index contributed by atoms with van der Waals surface area (Å²) in [4.78, 5) is 11.5. The van der Waals surface area contributed by atoms with E-state index in [1.165, 1.54) is 18.9 Å². The van der Waals surface area contributed by atoms with E-state index in [-0.39, 0.29) is 42.3 Å². The molecule has 0 heterocycles. The highest BCUT2D eigenvalue weighted by molar-refractivity contribution is 5.85. The Balaban J connectivity index is 0.00000220. The molecule has 4 nitrogen and oxygen atoms in total. The number of carbonyl (C=O) groups is 1. The number of hydrogen-bond acceptors (Lipinski definition) is 3. The van der Waals surface area contributed by atoms with E-state index in [0.717, 1.165) is 0 Å². The van der Waals surface area contributed by atoms with Crippen LogP contribution in [0.1, 0.15) is 37.8 Å². The largest absolute Gasteiger partial charge is 0.490 e. The van der Waals surface area contributed by atoms with Crippen molar-refractivity contribution in [1.82, 2.24) is 5.32 Å². The molecule has 0 radical (unpaired) electrons. The van der Waals surface area contributed by atoms with Crippen LogP contribution in [-0.2, 0) is 4.79 Å². The van der Waals surface area contributed by atoms with Gasteiger partial charge in [-0.15, -0.1) is 12.4 Å². The lowest BCUT2D eigenvalue weighted by Gasteiger charge is -2.15. The maximum Gasteiger partial charge on any atom is 0.221 e. The van der Waals surface area contributed by atoms with Crippen LogP contribution in [0.15, 0.2) is 18.2 Å². The van der Waals surface area contributed by atoms with Gasteiger partial charge in [-0.1, -0.05) is 6.07 Å². The normalized spacial score (nSPS) is 15.0. The van der Waals surface area contributed by atoms with Gasteiger partial charge >= 0.3 is 0 Å². The maximum atomic E-state index is 13.9. The van der Waals surface area contributed by atoms with Crippen molar-refractivity contribution in [3.05, 3.63) is 29.6 Å². The second kappa shape index (κ2) is 8.20. The van der Waals surface area contributed by atoms with Gasteiger partial charge < -0.3 is 15.8 Å². The minimum Gasteiger partial charge on any atom is -0.490 e. The fraction of sp³-hybridized carbons (Fsp3) is 0.533. The van der Waals surface area contributed by atoms with Gasteiger partial charge in [-0.25, -0.2) is 4.39 Å². The van der Waals surface area contributed by atoms with E-state index in [4.69, 9.17) is 10.5 Å². The van der Waals surface area contributed by atoms with Crippen molar-refractivity contribution in [2.24, 2.45) is 11.7 Å². The maximum absolute atomic E-state index is 13.9. The number of nitrogens with one attached hydrogen (secondary N) is 1. The Bertz CT molecular complexity index is 481. The van der Waals surface area contributed by atoms with E-state index in [1.807, 2.05) is 6.92 Å². The highest BCUT2D eigenvalue weighted by atomic mass is 35.5. The molecule has 0 bridgehead atoms. The Labute approximate surface area is 130 Å². The molecule has 118 valence electrons. The number of halogens is 2. The monoisotopic (exact) mass is 316 g/mol. The summed E-state index contributed by atoms with van der Waals surface area (Å²) in [5.41, 5.74) is 6.03. The molecule has 1 saturated carbocycles. The molecular formula is C15H22ClFN2O2. The predicted molar refractivity (Wildman–Crippen MR) is 82.1 cm³/mol. The second-order valence-electron chi connectivity index (χ2n) is 5.27. The Morgan fingerprint density at radius 2 is 2.24 bits per heavy atom. The fourth-order valence-corrected chi connectivity index (χ4v) is 1.92. The van der Waals surface area contributed by atoms with Crippen LogP contribution in [0.25, 0.3) is 0 Å². The third-order valence-electron chi connectivity index (χ3n) is 3.38. The van der Waals surface area contributed by atoms with Crippen LogP contribution in [0.4, 0.5) is 4.39 Å². The molecule has 1 aromatic rings. The molecule has 1 aromatic carbocycles. The van der Waals surface area contributed by atoms with E-state index in [1.54, 1.807) is 12.1 Å². The molecule has 1 aliphatic rings. The molecule has 0 aliphatic heterocycles. The fourth-order valence-electron chi connectivity index (χ4n) is 1.92. The Morgan fingerprint density at radius 3 is 2.81 bits per heavy atom. The Morgan fingerprint density at radius 1 is 1.52 bits per heavy atom. The first-order valence-corrected chi connectivity index (χ1v) is 7.02. The molecule has 1 atom stereocenters. The van der Waals surface area contributed by atoms with Crippen LogP contribution in [-0.4, -0.2) is 19.1 Å².